The van der Waals surface area contributed by atoms with Crippen molar-refractivity contribution in [3.63, 3.8) is 0 Å². The van der Waals surface area contributed by atoms with Crippen LogP contribution in [-0.2, 0) is 14.3 Å². The van der Waals surface area contributed by atoms with Gasteiger partial charge in [0.1, 0.15) is 0 Å². The maximum Gasteiger partial charge on any atom is 0.331 e. The third-order valence-electron chi connectivity index (χ3n) is 3.49. The summed E-state index contributed by atoms with van der Waals surface area (Å²) in [6.07, 6.45) is 2.85. The van der Waals surface area contributed by atoms with Crippen LogP contribution in [0.1, 0.15) is 16.7 Å². The molecule has 0 spiro atoms. The molecule has 0 atom stereocenters. The predicted molar refractivity (Wildman–Crippen MR) is 97.6 cm³/mol. The van der Waals surface area contributed by atoms with Gasteiger partial charge in [-0.15, -0.1) is 0 Å². The number of nitro groups is 1. The molecule has 2 aromatic carbocycles. The van der Waals surface area contributed by atoms with Crippen LogP contribution in [0.5, 0.6) is 0 Å². The molecule has 134 valence electrons. The molecule has 0 unspecified atom stereocenters. The number of carbonyl (C=O) groups excluding carboxylic acids is 2. The second kappa shape index (κ2) is 8.57. The van der Waals surface area contributed by atoms with Crippen LogP contribution in [-0.4, -0.2) is 23.4 Å². The van der Waals surface area contributed by atoms with Gasteiger partial charge in [-0.3, -0.25) is 14.9 Å². The first-order chi connectivity index (χ1) is 12.3. The summed E-state index contributed by atoms with van der Waals surface area (Å²) >= 11 is 0. The molecule has 0 bridgehead atoms. The fourth-order valence-electron chi connectivity index (χ4n) is 2.21. The van der Waals surface area contributed by atoms with Crippen molar-refractivity contribution in [1.82, 2.24) is 0 Å². The van der Waals surface area contributed by atoms with E-state index >= 15 is 0 Å². The number of aryl methyl sites for hydroxylation is 2. The zero-order valence-electron chi connectivity index (χ0n) is 14.4. The lowest BCUT2D eigenvalue weighted by Gasteiger charge is -2.08. The Hall–Kier alpha value is -3.48. The summed E-state index contributed by atoms with van der Waals surface area (Å²) in [6, 6.07) is 11.7. The highest BCUT2D eigenvalue weighted by Crippen LogP contribution is 2.21. The van der Waals surface area contributed by atoms with E-state index in [0.717, 1.165) is 11.1 Å². The van der Waals surface area contributed by atoms with Gasteiger partial charge in [-0.25, -0.2) is 4.79 Å². The van der Waals surface area contributed by atoms with Crippen LogP contribution >= 0.6 is 0 Å². The smallest absolute Gasteiger partial charge is 0.331 e. The van der Waals surface area contributed by atoms with Gasteiger partial charge in [0.2, 0.25) is 0 Å². The van der Waals surface area contributed by atoms with Crippen molar-refractivity contribution in [2.45, 2.75) is 13.8 Å². The Morgan fingerprint density at radius 2 is 1.96 bits per heavy atom. The number of non-ortho nitro benzene ring substituents is 1. The van der Waals surface area contributed by atoms with Crippen LogP contribution in [0.25, 0.3) is 6.08 Å². The largest absolute Gasteiger partial charge is 0.452 e. The molecule has 0 heterocycles. The summed E-state index contributed by atoms with van der Waals surface area (Å²) in [7, 11) is 0. The van der Waals surface area contributed by atoms with E-state index in [0.29, 0.717) is 11.3 Å². The second-order valence-corrected chi connectivity index (χ2v) is 5.66. The van der Waals surface area contributed by atoms with Crippen LogP contribution in [0, 0.1) is 24.0 Å². The summed E-state index contributed by atoms with van der Waals surface area (Å²) in [6.45, 7) is 3.13. The average Bonchev–Trinajstić information content (AvgIpc) is 2.60. The quantitative estimate of drug-likeness (QED) is 0.371. The maximum absolute atomic E-state index is 11.9. The van der Waals surface area contributed by atoms with Crippen LogP contribution in [0.3, 0.4) is 0 Å². The monoisotopic (exact) mass is 354 g/mol. The van der Waals surface area contributed by atoms with E-state index in [1.807, 2.05) is 31.2 Å². The highest BCUT2D eigenvalue weighted by Gasteiger charge is 2.11. The molecule has 7 heteroatoms. The highest BCUT2D eigenvalue weighted by molar-refractivity contribution is 5.95. The Kier molecular flexibility index (Phi) is 6.21. The number of amides is 1. The number of hydrogen-bond donors (Lipinski definition) is 1. The Morgan fingerprint density at radius 1 is 1.19 bits per heavy atom. The topological polar surface area (TPSA) is 98.5 Å². The summed E-state index contributed by atoms with van der Waals surface area (Å²) in [5, 5.41) is 13.3. The third kappa shape index (κ3) is 5.55. The standard InChI is InChI=1S/C19H18N2O5/c1-13-4-3-5-15(10-13)6-9-19(23)26-12-18(22)20-17-8-7-16(21(24)25)11-14(17)2/h3-11H,12H2,1-2H3,(H,20,22)/b9-6+. The van der Waals surface area contributed by atoms with E-state index in [9.17, 15) is 19.7 Å². The minimum atomic E-state index is -0.637. The molecule has 0 aliphatic heterocycles. The van der Waals surface area contributed by atoms with Crippen LogP contribution in [0.2, 0.25) is 0 Å². The summed E-state index contributed by atoms with van der Waals surface area (Å²) in [5.74, 6) is -1.17. The molecule has 2 aromatic rings. The number of nitrogens with one attached hydrogen (secondary N) is 1. The maximum atomic E-state index is 11.9. The molecule has 0 radical (unpaired) electrons. The fraction of sp³-hybridized carbons (Fsp3) is 0.158. The zero-order valence-corrected chi connectivity index (χ0v) is 14.4. The molecule has 1 N–H and O–H groups in total. The van der Waals surface area contributed by atoms with Gasteiger partial charge in [-0.05, 0) is 37.1 Å². The lowest BCUT2D eigenvalue weighted by molar-refractivity contribution is -0.384. The molecular formula is C19H18N2O5. The molecule has 7 nitrogen and oxygen atoms in total. The number of nitrogens with zero attached hydrogens (tertiary/aromatic N) is 1. The van der Waals surface area contributed by atoms with E-state index in [2.05, 4.69) is 5.32 Å². The van der Waals surface area contributed by atoms with Gasteiger partial charge in [0.05, 0.1) is 4.92 Å². The Bertz CT molecular complexity index is 874. The molecule has 26 heavy (non-hydrogen) atoms. The number of anilines is 1. The Labute approximate surface area is 150 Å². The summed E-state index contributed by atoms with van der Waals surface area (Å²) in [5.41, 5.74) is 2.82. The van der Waals surface area contributed by atoms with Gasteiger partial charge < -0.3 is 10.1 Å². The van der Waals surface area contributed by atoms with Gasteiger partial charge in [-0.1, -0.05) is 29.8 Å². The molecule has 2 rings (SSSR count). The number of hydrogen-bond acceptors (Lipinski definition) is 5. The van der Waals surface area contributed by atoms with Crippen LogP contribution in [0.4, 0.5) is 11.4 Å². The van der Waals surface area contributed by atoms with Gasteiger partial charge in [0.25, 0.3) is 11.6 Å². The lowest BCUT2D eigenvalue weighted by Crippen LogP contribution is -2.20. The SMILES string of the molecule is Cc1cccc(/C=C/C(=O)OCC(=O)Nc2ccc([N+](=O)[O-])cc2C)c1. The van der Waals surface area contributed by atoms with Crippen molar-refractivity contribution in [3.8, 4) is 0 Å². The van der Waals surface area contributed by atoms with Crippen molar-refractivity contribution in [1.29, 1.82) is 0 Å². The number of benzene rings is 2. The first-order valence-corrected chi connectivity index (χ1v) is 7.81. The zero-order chi connectivity index (χ0) is 19.1. The Morgan fingerprint density at radius 3 is 2.62 bits per heavy atom. The fourth-order valence-corrected chi connectivity index (χ4v) is 2.21. The molecule has 0 fully saturated rings. The molecular weight excluding hydrogens is 336 g/mol. The highest BCUT2D eigenvalue weighted by atomic mass is 16.6. The number of esters is 1. The van der Waals surface area contributed by atoms with Crippen molar-refractivity contribution in [2.75, 3.05) is 11.9 Å². The minimum absolute atomic E-state index is 0.0618. The Balaban J connectivity index is 1.86. The molecule has 1 amide bonds. The van der Waals surface area contributed by atoms with Crippen molar-refractivity contribution >= 4 is 29.3 Å². The van der Waals surface area contributed by atoms with E-state index in [-0.39, 0.29) is 5.69 Å². The van der Waals surface area contributed by atoms with Gasteiger partial charge in [0.15, 0.2) is 6.61 Å². The number of carbonyl (C=O) groups is 2. The van der Waals surface area contributed by atoms with Crippen LogP contribution in [0.15, 0.2) is 48.5 Å². The first kappa shape index (κ1) is 18.9. The van der Waals surface area contributed by atoms with Crippen molar-refractivity contribution in [3.05, 3.63) is 75.3 Å². The van der Waals surface area contributed by atoms with E-state index in [1.165, 1.54) is 24.3 Å². The number of ether oxygens (including phenoxy) is 1. The second-order valence-electron chi connectivity index (χ2n) is 5.66. The van der Waals surface area contributed by atoms with Crippen molar-refractivity contribution in [2.24, 2.45) is 0 Å². The summed E-state index contributed by atoms with van der Waals surface area (Å²) < 4.78 is 4.88. The van der Waals surface area contributed by atoms with Gasteiger partial charge in [0, 0.05) is 23.9 Å². The van der Waals surface area contributed by atoms with E-state index < -0.39 is 23.4 Å². The van der Waals surface area contributed by atoms with E-state index in [1.54, 1.807) is 13.0 Å². The first-order valence-electron chi connectivity index (χ1n) is 7.81. The normalized spacial score (nSPS) is 10.5. The predicted octanol–water partition coefficient (Wildman–Crippen LogP) is 3.41. The van der Waals surface area contributed by atoms with Gasteiger partial charge >= 0.3 is 5.97 Å². The molecule has 0 aliphatic carbocycles. The average molecular weight is 354 g/mol. The number of rotatable bonds is 6. The van der Waals surface area contributed by atoms with Crippen LogP contribution < -0.4 is 5.32 Å². The molecule has 0 saturated heterocycles. The minimum Gasteiger partial charge on any atom is -0.452 e. The lowest BCUT2D eigenvalue weighted by atomic mass is 10.1. The molecule has 0 aromatic heterocycles. The molecule has 0 saturated carbocycles. The third-order valence-corrected chi connectivity index (χ3v) is 3.49. The van der Waals surface area contributed by atoms with E-state index in [4.69, 9.17) is 4.74 Å². The number of nitro benzene ring substituents is 1. The van der Waals surface area contributed by atoms with Gasteiger partial charge in [-0.2, -0.15) is 0 Å². The van der Waals surface area contributed by atoms with Crippen molar-refractivity contribution < 1.29 is 19.2 Å². The molecule has 0 aliphatic rings. The summed E-state index contributed by atoms with van der Waals surface area (Å²) in [4.78, 5) is 33.7.